The zero-order valence-corrected chi connectivity index (χ0v) is 12.6. The highest BCUT2D eigenvalue weighted by Gasteiger charge is 2.17. The zero-order chi connectivity index (χ0) is 15.4. The van der Waals surface area contributed by atoms with Crippen LogP contribution in [0.1, 0.15) is 37.7 Å². The lowest BCUT2D eigenvalue weighted by molar-refractivity contribution is 0.0690. The predicted octanol–water partition coefficient (Wildman–Crippen LogP) is 0.332. The van der Waals surface area contributed by atoms with Crippen LogP contribution in [0, 0.1) is 5.41 Å². The molecule has 0 aliphatic rings. The van der Waals surface area contributed by atoms with Gasteiger partial charge in [-0.15, -0.1) is 5.10 Å². The Hall–Kier alpha value is -1.48. The minimum atomic E-state index is -3.32. The number of aromatic nitrogens is 3. The number of hydrogen-bond donors (Lipinski definition) is 2. The van der Waals surface area contributed by atoms with Crippen LogP contribution in [0.25, 0.3) is 0 Å². The summed E-state index contributed by atoms with van der Waals surface area (Å²) < 4.78 is 27.2. The number of nitrogens with one attached hydrogen (secondary N) is 1. The first-order valence-electron chi connectivity index (χ1n) is 6.20. The number of nitrogens with zero attached hydrogens (tertiary/aromatic N) is 3. The van der Waals surface area contributed by atoms with Crippen molar-refractivity contribution in [2.45, 2.75) is 33.7 Å². The number of aromatic carboxylic acids is 1. The van der Waals surface area contributed by atoms with E-state index in [0.29, 0.717) is 6.42 Å². The average molecular weight is 304 g/mol. The molecule has 2 N–H and O–H groups in total. The molecule has 0 aliphatic carbocycles. The molecular formula is C11H20N4O4S. The summed E-state index contributed by atoms with van der Waals surface area (Å²) in [7, 11) is -3.32. The SMILES string of the molecule is CC(C)(C)CCS(=O)(=O)NCCn1cc(C(=O)O)nn1. The average Bonchev–Trinajstić information content (AvgIpc) is 2.74. The molecule has 114 valence electrons. The van der Waals surface area contributed by atoms with Crippen molar-refractivity contribution < 1.29 is 18.3 Å². The number of rotatable bonds is 7. The Morgan fingerprint density at radius 1 is 1.45 bits per heavy atom. The van der Waals surface area contributed by atoms with Gasteiger partial charge in [0.2, 0.25) is 10.0 Å². The molecule has 1 aromatic heterocycles. The predicted molar refractivity (Wildman–Crippen MR) is 72.8 cm³/mol. The highest BCUT2D eigenvalue weighted by molar-refractivity contribution is 7.89. The number of sulfonamides is 1. The zero-order valence-electron chi connectivity index (χ0n) is 11.8. The molecule has 0 unspecified atom stereocenters. The lowest BCUT2D eigenvalue weighted by Crippen LogP contribution is -2.31. The number of carboxylic acid groups (broad SMARTS) is 1. The minimum Gasteiger partial charge on any atom is -0.476 e. The van der Waals surface area contributed by atoms with Crippen LogP contribution >= 0.6 is 0 Å². The summed E-state index contributed by atoms with van der Waals surface area (Å²) in [5.74, 6) is -1.10. The van der Waals surface area contributed by atoms with Crippen molar-refractivity contribution in [1.29, 1.82) is 0 Å². The van der Waals surface area contributed by atoms with Crippen LogP contribution in [0.5, 0.6) is 0 Å². The molecule has 0 aliphatic heterocycles. The first-order valence-corrected chi connectivity index (χ1v) is 7.85. The third-order valence-electron chi connectivity index (χ3n) is 2.54. The lowest BCUT2D eigenvalue weighted by Gasteiger charge is -2.17. The Labute approximate surface area is 118 Å². The van der Waals surface area contributed by atoms with Crippen molar-refractivity contribution in [2.75, 3.05) is 12.3 Å². The van der Waals surface area contributed by atoms with Gasteiger partial charge in [-0.25, -0.2) is 17.9 Å². The summed E-state index contributed by atoms with van der Waals surface area (Å²) in [5, 5.41) is 15.7. The largest absolute Gasteiger partial charge is 0.476 e. The van der Waals surface area contributed by atoms with E-state index in [-0.39, 0.29) is 30.0 Å². The molecule has 0 radical (unpaired) electrons. The maximum Gasteiger partial charge on any atom is 0.358 e. The Morgan fingerprint density at radius 3 is 2.60 bits per heavy atom. The van der Waals surface area contributed by atoms with E-state index in [2.05, 4.69) is 15.0 Å². The van der Waals surface area contributed by atoms with Gasteiger partial charge in [0.1, 0.15) is 0 Å². The Balaban J connectivity index is 2.41. The van der Waals surface area contributed by atoms with Crippen LogP contribution in [0.2, 0.25) is 0 Å². The van der Waals surface area contributed by atoms with Crippen LogP contribution in [-0.4, -0.2) is 46.8 Å². The van der Waals surface area contributed by atoms with Crippen molar-refractivity contribution in [1.82, 2.24) is 19.7 Å². The molecule has 0 bridgehead atoms. The summed E-state index contributed by atoms with van der Waals surface area (Å²) in [6.45, 7) is 6.31. The fourth-order valence-corrected chi connectivity index (χ4v) is 2.76. The van der Waals surface area contributed by atoms with Crippen molar-refractivity contribution >= 4 is 16.0 Å². The van der Waals surface area contributed by atoms with Gasteiger partial charge in [-0.05, 0) is 11.8 Å². The second-order valence-corrected chi connectivity index (χ2v) is 7.62. The summed E-state index contributed by atoms with van der Waals surface area (Å²) in [4.78, 5) is 10.6. The molecule has 20 heavy (non-hydrogen) atoms. The summed E-state index contributed by atoms with van der Waals surface area (Å²) in [5.41, 5.74) is -0.211. The summed E-state index contributed by atoms with van der Waals surface area (Å²) >= 11 is 0. The van der Waals surface area contributed by atoms with E-state index in [9.17, 15) is 13.2 Å². The molecular weight excluding hydrogens is 284 g/mol. The van der Waals surface area contributed by atoms with E-state index < -0.39 is 16.0 Å². The maximum atomic E-state index is 11.7. The highest BCUT2D eigenvalue weighted by Crippen LogP contribution is 2.18. The van der Waals surface area contributed by atoms with Gasteiger partial charge in [0, 0.05) is 6.54 Å². The number of hydrogen-bond acceptors (Lipinski definition) is 5. The highest BCUT2D eigenvalue weighted by atomic mass is 32.2. The van der Waals surface area contributed by atoms with E-state index in [1.807, 2.05) is 20.8 Å². The monoisotopic (exact) mass is 304 g/mol. The van der Waals surface area contributed by atoms with E-state index in [1.165, 1.54) is 10.9 Å². The van der Waals surface area contributed by atoms with Crippen LogP contribution in [0.15, 0.2) is 6.20 Å². The van der Waals surface area contributed by atoms with E-state index in [1.54, 1.807) is 0 Å². The second-order valence-electron chi connectivity index (χ2n) is 5.70. The molecule has 0 saturated heterocycles. The summed E-state index contributed by atoms with van der Waals surface area (Å²) in [6.07, 6.45) is 1.82. The standard InChI is InChI=1S/C11H20N4O4S/c1-11(2,3)4-7-20(18,19)12-5-6-15-8-9(10(16)17)13-14-15/h8,12H,4-7H2,1-3H3,(H,16,17). The second kappa shape index (κ2) is 6.31. The van der Waals surface area contributed by atoms with Gasteiger partial charge in [0.05, 0.1) is 18.5 Å². The van der Waals surface area contributed by atoms with Crippen LogP contribution < -0.4 is 4.72 Å². The van der Waals surface area contributed by atoms with Crippen molar-refractivity contribution in [3.63, 3.8) is 0 Å². The van der Waals surface area contributed by atoms with Crippen molar-refractivity contribution in [3.8, 4) is 0 Å². The molecule has 0 aromatic carbocycles. The number of carbonyl (C=O) groups is 1. The normalized spacial score (nSPS) is 12.6. The lowest BCUT2D eigenvalue weighted by atomic mass is 9.94. The third kappa shape index (κ3) is 6.11. The molecule has 0 saturated carbocycles. The van der Waals surface area contributed by atoms with Gasteiger partial charge in [-0.3, -0.25) is 4.68 Å². The molecule has 8 nitrogen and oxygen atoms in total. The first-order chi connectivity index (χ1) is 9.09. The summed E-state index contributed by atoms with van der Waals surface area (Å²) in [6, 6.07) is 0. The van der Waals surface area contributed by atoms with Gasteiger partial charge >= 0.3 is 5.97 Å². The molecule has 0 fully saturated rings. The third-order valence-corrected chi connectivity index (χ3v) is 3.93. The van der Waals surface area contributed by atoms with E-state index in [0.717, 1.165) is 0 Å². The van der Waals surface area contributed by atoms with Crippen LogP contribution in [0.4, 0.5) is 0 Å². The van der Waals surface area contributed by atoms with Crippen molar-refractivity contribution in [3.05, 3.63) is 11.9 Å². The molecule has 1 aromatic rings. The molecule has 0 spiro atoms. The van der Waals surface area contributed by atoms with Crippen LogP contribution in [-0.2, 0) is 16.6 Å². The molecule has 1 rings (SSSR count). The maximum absolute atomic E-state index is 11.7. The van der Waals surface area contributed by atoms with E-state index >= 15 is 0 Å². The fourth-order valence-electron chi connectivity index (χ4n) is 1.33. The Morgan fingerprint density at radius 2 is 2.10 bits per heavy atom. The molecule has 0 atom stereocenters. The first kappa shape index (κ1) is 16.6. The minimum absolute atomic E-state index is 0.0446. The Bertz CT molecular complexity index is 559. The van der Waals surface area contributed by atoms with Gasteiger partial charge in [-0.2, -0.15) is 0 Å². The van der Waals surface area contributed by atoms with Gasteiger partial charge in [-0.1, -0.05) is 26.0 Å². The molecule has 0 amide bonds. The smallest absolute Gasteiger partial charge is 0.358 e. The number of carboxylic acids is 1. The molecule has 1 heterocycles. The fraction of sp³-hybridized carbons (Fsp3) is 0.727. The molecule has 9 heteroatoms. The quantitative estimate of drug-likeness (QED) is 0.750. The van der Waals surface area contributed by atoms with Crippen LogP contribution in [0.3, 0.4) is 0 Å². The van der Waals surface area contributed by atoms with Gasteiger partial charge < -0.3 is 5.11 Å². The van der Waals surface area contributed by atoms with Gasteiger partial charge in [0.15, 0.2) is 5.69 Å². The topological polar surface area (TPSA) is 114 Å². The van der Waals surface area contributed by atoms with E-state index in [4.69, 9.17) is 5.11 Å². The van der Waals surface area contributed by atoms with Crippen molar-refractivity contribution in [2.24, 2.45) is 5.41 Å². The van der Waals surface area contributed by atoms with Gasteiger partial charge in [0.25, 0.3) is 0 Å². The Kier molecular flexibility index (Phi) is 5.23.